The van der Waals surface area contributed by atoms with Crippen LogP contribution in [-0.2, 0) is 21.0 Å². The minimum atomic E-state index is -4.74. The van der Waals surface area contributed by atoms with Gasteiger partial charge in [0.1, 0.15) is 12.4 Å². The molecular weight excluding hydrogens is 449 g/mol. The SMILES string of the molecule is CCC(C)(C#CC1CCCCC1)Oc1cc(C(=O)OCCS(=O)(=O)[O-])ccc1C(F)(F)F. The second kappa shape index (κ2) is 10.6. The molecule has 32 heavy (non-hydrogen) atoms. The highest BCUT2D eigenvalue weighted by Gasteiger charge is 2.37. The summed E-state index contributed by atoms with van der Waals surface area (Å²) in [5.41, 5.74) is -2.55. The number of alkyl halides is 3. The lowest BCUT2D eigenvalue weighted by Gasteiger charge is -2.27. The van der Waals surface area contributed by atoms with Crippen molar-refractivity contribution in [3.8, 4) is 17.6 Å². The number of halogens is 3. The van der Waals surface area contributed by atoms with Gasteiger partial charge in [-0.15, -0.1) is 0 Å². The van der Waals surface area contributed by atoms with Crippen molar-refractivity contribution in [2.45, 2.75) is 64.1 Å². The second-order valence-corrected chi connectivity index (χ2v) is 9.42. The highest BCUT2D eigenvalue weighted by molar-refractivity contribution is 7.85. The molecule has 1 unspecified atom stereocenters. The Morgan fingerprint density at radius 2 is 1.88 bits per heavy atom. The Balaban J connectivity index is 2.29. The number of ether oxygens (including phenoxy) is 2. The molecule has 2 rings (SSSR count). The van der Waals surface area contributed by atoms with Crippen molar-refractivity contribution in [3.63, 3.8) is 0 Å². The minimum Gasteiger partial charge on any atom is -0.748 e. The summed E-state index contributed by atoms with van der Waals surface area (Å²) >= 11 is 0. The van der Waals surface area contributed by atoms with Crippen LogP contribution in [0, 0.1) is 17.8 Å². The first-order valence-electron chi connectivity index (χ1n) is 10.4. The van der Waals surface area contributed by atoms with E-state index in [1.165, 1.54) is 0 Å². The maximum atomic E-state index is 13.5. The van der Waals surface area contributed by atoms with Gasteiger partial charge >= 0.3 is 12.1 Å². The quantitative estimate of drug-likeness (QED) is 0.327. The molecule has 0 spiro atoms. The Morgan fingerprint density at radius 1 is 1.22 bits per heavy atom. The maximum Gasteiger partial charge on any atom is 0.419 e. The van der Waals surface area contributed by atoms with Crippen LogP contribution >= 0.6 is 0 Å². The first kappa shape index (κ1) is 26.0. The largest absolute Gasteiger partial charge is 0.748 e. The number of rotatable bonds is 7. The van der Waals surface area contributed by atoms with Crippen molar-refractivity contribution < 1.29 is 40.4 Å². The molecular formula is C22H26F3O6S-. The summed E-state index contributed by atoms with van der Waals surface area (Å²) in [7, 11) is -4.60. The first-order chi connectivity index (χ1) is 14.8. The molecule has 6 nitrogen and oxygen atoms in total. The highest BCUT2D eigenvalue weighted by Crippen LogP contribution is 2.38. The monoisotopic (exact) mass is 475 g/mol. The molecule has 1 fully saturated rings. The molecule has 10 heteroatoms. The van der Waals surface area contributed by atoms with E-state index in [2.05, 4.69) is 16.6 Å². The van der Waals surface area contributed by atoms with E-state index in [-0.39, 0.29) is 11.5 Å². The normalized spacial score (nSPS) is 17.1. The predicted molar refractivity (Wildman–Crippen MR) is 110 cm³/mol. The number of hydrogen-bond donors (Lipinski definition) is 0. The van der Waals surface area contributed by atoms with Gasteiger partial charge in [-0.25, -0.2) is 13.2 Å². The molecule has 0 bridgehead atoms. The van der Waals surface area contributed by atoms with Crippen LogP contribution in [0.25, 0.3) is 0 Å². The Hall–Kier alpha value is -2.25. The fourth-order valence-electron chi connectivity index (χ4n) is 3.22. The first-order valence-corrected chi connectivity index (χ1v) is 11.9. The molecule has 0 aromatic heterocycles. The molecule has 0 aliphatic heterocycles. The van der Waals surface area contributed by atoms with E-state index < -0.39 is 51.5 Å². The molecule has 0 heterocycles. The van der Waals surface area contributed by atoms with Gasteiger partial charge in [0, 0.05) is 5.92 Å². The van der Waals surface area contributed by atoms with Crippen molar-refractivity contribution in [1.82, 2.24) is 0 Å². The van der Waals surface area contributed by atoms with Gasteiger partial charge in [-0.1, -0.05) is 38.0 Å². The van der Waals surface area contributed by atoms with E-state index in [4.69, 9.17) is 4.74 Å². The molecule has 1 atom stereocenters. The van der Waals surface area contributed by atoms with E-state index in [0.717, 1.165) is 44.2 Å². The summed E-state index contributed by atoms with van der Waals surface area (Å²) in [5.74, 6) is 3.72. The zero-order valence-corrected chi connectivity index (χ0v) is 18.8. The number of esters is 1. The summed E-state index contributed by atoms with van der Waals surface area (Å²) in [6, 6.07) is 2.49. The van der Waals surface area contributed by atoms with Gasteiger partial charge in [0.2, 0.25) is 0 Å². The van der Waals surface area contributed by atoms with E-state index in [9.17, 15) is 30.9 Å². The molecule has 1 aromatic carbocycles. The molecule has 1 aliphatic rings. The van der Waals surface area contributed by atoms with Crippen LogP contribution in [-0.4, -0.2) is 36.9 Å². The maximum absolute atomic E-state index is 13.5. The van der Waals surface area contributed by atoms with Crippen molar-refractivity contribution >= 4 is 16.1 Å². The number of carbonyl (C=O) groups is 1. The molecule has 1 saturated carbocycles. The van der Waals surface area contributed by atoms with Gasteiger partial charge in [-0.2, -0.15) is 13.2 Å². The zero-order chi connectivity index (χ0) is 24.0. The lowest BCUT2D eigenvalue weighted by Crippen LogP contribution is -2.31. The fourth-order valence-corrected chi connectivity index (χ4v) is 3.51. The minimum absolute atomic E-state index is 0.180. The molecule has 0 N–H and O–H groups in total. The van der Waals surface area contributed by atoms with Gasteiger partial charge in [-0.05, 0) is 44.4 Å². The standard InChI is InChI=1S/C22H27F3O6S/c1-3-21(2,12-11-16-7-5-4-6-8-16)31-19-15-17(9-10-18(19)22(23,24)25)20(26)30-13-14-32(27,28)29/h9-10,15-16H,3-8,13-14H2,1-2H3,(H,27,28,29)/p-1. The van der Waals surface area contributed by atoms with Gasteiger partial charge in [-0.3, -0.25) is 0 Å². The van der Waals surface area contributed by atoms with E-state index >= 15 is 0 Å². The van der Waals surface area contributed by atoms with Gasteiger partial charge in [0.05, 0.1) is 27.0 Å². The van der Waals surface area contributed by atoms with Crippen molar-refractivity contribution in [2.24, 2.45) is 5.92 Å². The Kier molecular flexibility index (Phi) is 8.60. The van der Waals surface area contributed by atoms with E-state index in [1.54, 1.807) is 13.8 Å². The highest BCUT2D eigenvalue weighted by atomic mass is 32.2. The van der Waals surface area contributed by atoms with Crippen LogP contribution in [0.3, 0.4) is 0 Å². The van der Waals surface area contributed by atoms with Crippen LogP contribution in [0.5, 0.6) is 5.75 Å². The third-order valence-corrected chi connectivity index (χ3v) is 5.91. The summed E-state index contributed by atoms with van der Waals surface area (Å²) in [5, 5.41) is 0. The van der Waals surface area contributed by atoms with Crippen LogP contribution in [0.1, 0.15) is 68.3 Å². The molecule has 178 valence electrons. The topological polar surface area (TPSA) is 92.7 Å². The van der Waals surface area contributed by atoms with Crippen molar-refractivity contribution in [1.29, 1.82) is 0 Å². The third kappa shape index (κ3) is 8.02. The summed E-state index contributed by atoms with van der Waals surface area (Å²) in [6.45, 7) is 2.62. The van der Waals surface area contributed by atoms with Crippen LogP contribution in [0.4, 0.5) is 13.2 Å². The van der Waals surface area contributed by atoms with E-state index in [1.807, 2.05) is 0 Å². The average Bonchev–Trinajstić information content (AvgIpc) is 2.71. The van der Waals surface area contributed by atoms with Gasteiger partial charge in [0.15, 0.2) is 5.60 Å². The molecule has 0 saturated heterocycles. The lowest BCUT2D eigenvalue weighted by molar-refractivity contribution is -0.139. The third-order valence-electron chi connectivity index (χ3n) is 5.24. The van der Waals surface area contributed by atoms with Gasteiger partial charge in [0.25, 0.3) is 0 Å². The molecule has 0 radical (unpaired) electrons. The zero-order valence-electron chi connectivity index (χ0n) is 18.0. The predicted octanol–water partition coefficient (Wildman–Crippen LogP) is 4.54. The molecule has 1 aliphatic carbocycles. The van der Waals surface area contributed by atoms with Crippen molar-refractivity contribution in [2.75, 3.05) is 12.4 Å². The van der Waals surface area contributed by atoms with Crippen molar-refractivity contribution in [3.05, 3.63) is 29.3 Å². The van der Waals surface area contributed by atoms with Crippen LogP contribution in [0.15, 0.2) is 18.2 Å². The fraction of sp³-hybridized carbons (Fsp3) is 0.591. The van der Waals surface area contributed by atoms with Crippen LogP contribution < -0.4 is 4.74 Å². The average molecular weight is 476 g/mol. The summed E-state index contributed by atoms with van der Waals surface area (Å²) in [6.07, 6.45) is 0.748. The Labute approximate surface area is 186 Å². The smallest absolute Gasteiger partial charge is 0.419 e. The van der Waals surface area contributed by atoms with Crippen LogP contribution in [0.2, 0.25) is 0 Å². The van der Waals surface area contributed by atoms with Gasteiger partial charge < -0.3 is 14.0 Å². The summed E-state index contributed by atoms with van der Waals surface area (Å²) < 4.78 is 82.9. The Bertz CT molecular complexity index is 972. The Morgan fingerprint density at radius 3 is 2.44 bits per heavy atom. The lowest BCUT2D eigenvalue weighted by atomic mass is 9.89. The molecule has 0 amide bonds. The number of benzene rings is 1. The molecule has 1 aromatic rings. The number of carbonyl (C=O) groups excluding carboxylic acids is 1. The van der Waals surface area contributed by atoms with E-state index in [0.29, 0.717) is 12.5 Å². The number of hydrogen-bond acceptors (Lipinski definition) is 6. The second-order valence-electron chi connectivity index (χ2n) is 7.90. The summed E-state index contributed by atoms with van der Waals surface area (Å²) in [4.78, 5) is 12.1.